The molecule has 1 aromatic rings. The van der Waals surface area contributed by atoms with Crippen molar-refractivity contribution in [3.05, 3.63) is 22.4 Å². The van der Waals surface area contributed by atoms with Crippen molar-refractivity contribution in [3.8, 4) is 0 Å². The van der Waals surface area contributed by atoms with Crippen molar-refractivity contribution in [2.75, 3.05) is 6.54 Å². The quantitative estimate of drug-likeness (QED) is 0.834. The van der Waals surface area contributed by atoms with Gasteiger partial charge in [-0.3, -0.25) is 4.79 Å². The van der Waals surface area contributed by atoms with Crippen molar-refractivity contribution >= 4 is 17.1 Å². The maximum absolute atomic E-state index is 11.5. The van der Waals surface area contributed by atoms with Gasteiger partial charge in [0.2, 0.25) is 0 Å². The van der Waals surface area contributed by atoms with Crippen LogP contribution in [-0.2, 0) is 11.2 Å². The molecule has 3 heteroatoms. The number of carbonyl (C=O) groups excluding carboxylic acids is 1. The number of thiophene rings is 1. The molecule has 0 aliphatic heterocycles. The first-order valence-corrected chi connectivity index (χ1v) is 6.14. The minimum atomic E-state index is 0.0264. The highest BCUT2D eigenvalue weighted by Crippen LogP contribution is 2.10. The predicted molar refractivity (Wildman–Crippen MR) is 65.4 cm³/mol. The molecule has 0 saturated carbocycles. The summed E-state index contributed by atoms with van der Waals surface area (Å²) in [6, 6.07) is 4.10. The molecule has 0 aliphatic carbocycles. The third-order valence-electron chi connectivity index (χ3n) is 2.05. The van der Waals surface area contributed by atoms with Crippen LogP contribution in [0.1, 0.15) is 32.1 Å². The fourth-order valence-electron chi connectivity index (χ4n) is 1.17. The fourth-order valence-corrected chi connectivity index (χ4v) is 1.88. The minimum absolute atomic E-state index is 0.0264. The average molecular weight is 225 g/mol. The smallest absolute Gasteiger partial charge is 0.146 e. The molecule has 0 amide bonds. The first kappa shape index (κ1) is 12.4. The van der Waals surface area contributed by atoms with Gasteiger partial charge in [-0.15, -0.1) is 11.3 Å². The first-order chi connectivity index (χ1) is 6.97. The van der Waals surface area contributed by atoms with Gasteiger partial charge in [0.05, 0.1) is 6.54 Å². The van der Waals surface area contributed by atoms with Gasteiger partial charge >= 0.3 is 0 Å². The minimum Gasteiger partial charge on any atom is -0.305 e. The first-order valence-electron chi connectivity index (χ1n) is 5.26. The van der Waals surface area contributed by atoms with Crippen molar-refractivity contribution in [2.24, 2.45) is 0 Å². The Morgan fingerprint density at radius 1 is 1.47 bits per heavy atom. The molecule has 1 N–H and O–H groups in total. The van der Waals surface area contributed by atoms with E-state index in [1.807, 2.05) is 11.4 Å². The summed E-state index contributed by atoms with van der Waals surface area (Å²) in [4.78, 5) is 12.8. The second-order valence-corrected chi connectivity index (χ2v) is 5.75. The van der Waals surface area contributed by atoms with Crippen molar-refractivity contribution in [2.45, 2.75) is 39.2 Å². The van der Waals surface area contributed by atoms with Gasteiger partial charge in [0.1, 0.15) is 5.78 Å². The van der Waals surface area contributed by atoms with Crippen LogP contribution in [0.15, 0.2) is 17.5 Å². The van der Waals surface area contributed by atoms with E-state index in [0.29, 0.717) is 18.7 Å². The second-order valence-electron chi connectivity index (χ2n) is 4.72. The number of carbonyl (C=O) groups is 1. The van der Waals surface area contributed by atoms with Crippen LogP contribution in [0.4, 0.5) is 0 Å². The molecule has 0 bridgehead atoms. The number of nitrogens with one attached hydrogen (secondary N) is 1. The molecule has 84 valence electrons. The van der Waals surface area contributed by atoms with Gasteiger partial charge in [0, 0.05) is 16.8 Å². The van der Waals surface area contributed by atoms with E-state index in [2.05, 4.69) is 32.2 Å². The molecule has 0 saturated heterocycles. The van der Waals surface area contributed by atoms with Gasteiger partial charge < -0.3 is 5.32 Å². The Bertz CT molecular complexity index is 298. The summed E-state index contributed by atoms with van der Waals surface area (Å²) in [7, 11) is 0. The molecule has 1 aromatic heterocycles. The van der Waals surface area contributed by atoms with E-state index in [9.17, 15) is 4.79 Å². The SMILES string of the molecule is CC(C)(C)NCC(=O)CCc1cccs1. The summed E-state index contributed by atoms with van der Waals surface area (Å²) in [5.41, 5.74) is 0.0264. The lowest BCUT2D eigenvalue weighted by atomic mass is 10.1. The molecule has 0 atom stereocenters. The lowest BCUT2D eigenvalue weighted by Crippen LogP contribution is -2.39. The van der Waals surface area contributed by atoms with Crippen LogP contribution in [0.5, 0.6) is 0 Å². The van der Waals surface area contributed by atoms with E-state index < -0.39 is 0 Å². The Morgan fingerprint density at radius 2 is 2.20 bits per heavy atom. The Balaban J connectivity index is 2.20. The van der Waals surface area contributed by atoms with Gasteiger partial charge in [-0.1, -0.05) is 6.07 Å². The van der Waals surface area contributed by atoms with E-state index in [0.717, 1.165) is 6.42 Å². The van der Waals surface area contributed by atoms with Crippen LogP contribution >= 0.6 is 11.3 Å². The molecule has 15 heavy (non-hydrogen) atoms. The van der Waals surface area contributed by atoms with Crippen LogP contribution < -0.4 is 5.32 Å². The third-order valence-corrected chi connectivity index (χ3v) is 2.98. The van der Waals surface area contributed by atoms with Crippen molar-refractivity contribution in [3.63, 3.8) is 0 Å². The van der Waals surface area contributed by atoms with Crippen molar-refractivity contribution in [1.29, 1.82) is 0 Å². The summed E-state index contributed by atoms with van der Waals surface area (Å²) < 4.78 is 0. The molecular formula is C12H19NOS. The number of rotatable bonds is 5. The maximum Gasteiger partial charge on any atom is 0.146 e. The molecule has 1 heterocycles. The van der Waals surface area contributed by atoms with E-state index in [4.69, 9.17) is 0 Å². The second kappa shape index (κ2) is 5.42. The van der Waals surface area contributed by atoms with Crippen LogP contribution in [-0.4, -0.2) is 17.9 Å². The van der Waals surface area contributed by atoms with Crippen LogP contribution in [0, 0.1) is 0 Å². The Kier molecular flexibility index (Phi) is 4.48. The Labute approximate surface area is 95.7 Å². The highest BCUT2D eigenvalue weighted by atomic mass is 32.1. The summed E-state index contributed by atoms with van der Waals surface area (Å²) >= 11 is 1.72. The predicted octanol–water partition coefficient (Wildman–Crippen LogP) is 2.64. The van der Waals surface area contributed by atoms with Crippen LogP contribution in [0.25, 0.3) is 0 Å². The molecule has 0 aromatic carbocycles. The third kappa shape index (κ3) is 5.70. The van der Waals surface area contributed by atoms with Gasteiger partial charge in [0.25, 0.3) is 0 Å². The number of hydrogen-bond acceptors (Lipinski definition) is 3. The van der Waals surface area contributed by atoms with Crippen LogP contribution in [0.3, 0.4) is 0 Å². The largest absolute Gasteiger partial charge is 0.305 e. The van der Waals surface area contributed by atoms with E-state index in [1.54, 1.807) is 11.3 Å². The average Bonchev–Trinajstić information content (AvgIpc) is 2.62. The highest BCUT2D eigenvalue weighted by molar-refractivity contribution is 7.09. The molecule has 0 unspecified atom stereocenters. The zero-order valence-electron chi connectivity index (χ0n) is 9.67. The molecule has 1 rings (SSSR count). The molecule has 0 fully saturated rings. The van der Waals surface area contributed by atoms with Gasteiger partial charge in [0.15, 0.2) is 0 Å². The number of Topliss-reactive ketones (excluding diaryl/α,β-unsaturated/α-hetero) is 1. The van der Waals surface area contributed by atoms with Gasteiger partial charge in [-0.2, -0.15) is 0 Å². The van der Waals surface area contributed by atoms with Crippen molar-refractivity contribution < 1.29 is 4.79 Å². The molecule has 0 spiro atoms. The Morgan fingerprint density at radius 3 is 2.73 bits per heavy atom. The summed E-state index contributed by atoms with van der Waals surface area (Å²) in [5.74, 6) is 0.290. The highest BCUT2D eigenvalue weighted by Gasteiger charge is 2.11. The summed E-state index contributed by atoms with van der Waals surface area (Å²) in [5, 5.41) is 5.25. The number of hydrogen-bond donors (Lipinski definition) is 1. The molecule has 2 nitrogen and oxygen atoms in total. The molecule has 0 aliphatic rings. The maximum atomic E-state index is 11.5. The Hall–Kier alpha value is -0.670. The molecule has 0 radical (unpaired) electrons. The topological polar surface area (TPSA) is 29.1 Å². The summed E-state index contributed by atoms with van der Waals surface area (Å²) in [6.45, 7) is 6.69. The summed E-state index contributed by atoms with van der Waals surface area (Å²) in [6.07, 6.45) is 1.52. The van der Waals surface area contributed by atoms with Crippen molar-refractivity contribution in [1.82, 2.24) is 5.32 Å². The zero-order chi connectivity index (χ0) is 11.3. The van der Waals surface area contributed by atoms with Gasteiger partial charge in [-0.25, -0.2) is 0 Å². The zero-order valence-corrected chi connectivity index (χ0v) is 10.5. The lowest BCUT2D eigenvalue weighted by molar-refractivity contribution is -0.118. The number of ketones is 1. The number of aryl methyl sites for hydroxylation is 1. The fraction of sp³-hybridized carbons (Fsp3) is 0.583. The van der Waals surface area contributed by atoms with E-state index >= 15 is 0 Å². The molecular weight excluding hydrogens is 206 g/mol. The monoisotopic (exact) mass is 225 g/mol. The van der Waals surface area contributed by atoms with Crippen LogP contribution in [0.2, 0.25) is 0 Å². The van der Waals surface area contributed by atoms with Gasteiger partial charge in [-0.05, 0) is 38.6 Å². The standard InChI is InChI=1S/C12H19NOS/c1-12(2,3)13-9-10(14)6-7-11-5-4-8-15-11/h4-5,8,13H,6-7,9H2,1-3H3. The van der Waals surface area contributed by atoms with E-state index in [1.165, 1.54) is 4.88 Å². The van der Waals surface area contributed by atoms with E-state index in [-0.39, 0.29) is 5.54 Å². The lowest BCUT2D eigenvalue weighted by Gasteiger charge is -2.19. The normalized spacial score (nSPS) is 11.7.